The number of ketones is 1. The summed E-state index contributed by atoms with van der Waals surface area (Å²) in [7, 11) is 0. The Balaban J connectivity index is 2.00. The molecule has 2 nitrogen and oxygen atoms in total. The van der Waals surface area contributed by atoms with Gasteiger partial charge in [0.2, 0.25) is 0 Å². The van der Waals surface area contributed by atoms with E-state index in [4.69, 9.17) is 0 Å². The predicted octanol–water partition coefficient (Wildman–Crippen LogP) is 3.27. The summed E-state index contributed by atoms with van der Waals surface area (Å²) in [5.74, 6) is -1.07. The van der Waals surface area contributed by atoms with Gasteiger partial charge in [0.05, 0.1) is 12.1 Å². The lowest BCUT2D eigenvalue weighted by molar-refractivity contribution is 0.0880. The standard InChI is InChI=1S/C15H19F2NO/c1-2-11-4-3-7-18(9-11)10-15(19)13-6-5-12(16)8-14(13)17/h5-6,8,11H,2-4,7,9-10H2,1H3. The maximum atomic E-state index is 13.5. The molecule has 0 bridgehead atoms. The highest BCUT2D eigenvalue weighted by atomic mass is 19.1. The van der Waals surface area contributed by atoms with Crippen molar-refractivity contribution in [1.82, 2.24) is 4.90 Å². The van der Waals surface area contributed by atoms with Gasteiger partial charge in [-0.2, -0.15) is 0 Å². The Bertz CT molecular complexity index is 461. The van der Waals surface area contributed by atoms with Gasteiger partial charge >= 0.3 is 0 Å². The van der Waals surface area contributed by atoms with Crippen molar-refractivity contribution >= 4 is 5.78 Å². The van der Waals surface area contributed by atoms with Crippen molar-refractivity contribution in [2.45, 2.75) is 26.2 Å². The molecule has 1 atom stereocenters. The van der Waals surface area contributed by atoms with Crippen LogP contribution < -0.4 is 0 Å². The molecule has 1 saturated heterocycles. The molecule has 0 amide bonds. The Hall–Kier alpha value is -1.29. The molecular formula is C15H19F2NO. The molecule has 1 fully saturated rings. The number of rotatable bonds is 4. The fourth-order valence-electron chi connectivity index (χ4n) is 2.63. The van der Waals surface area contributed by atoms with E-state index < -0.39 is 11.6 Å². The Kier molecular flexibility index (Phi) is 4.64. The van der Waals surface area contributed by atoms with Gasteiger partial charge in [0.15, 0.2) is 5.78 Å². The molecule has 0 saturated carbocycles. The minimum Gasteiger partial charge on any atom is -0.296 e. The van der Waals surface area contributed by atoms with Gasteiger partial charge in [-0.1, -0.05) is 13.3 Å². The minimum absolute atomic E-state index is 0.0139. The van der Waals surface area contributed by atoms with Crippen molar-refractivity contribution in [3.05, 3.63) is 35.4 Å². The van der Waals surface area contributed by atoms with Crippen LogP contribution in [0.1, 0.15) is 36.5 Å². The van der Waals surface area contributed by atoms with Gasteiger partial charge in [-0.05, 0) is 37.4 Å². The van der Waals surface area contributed by atoms with Crippen LogP contribution in [0.5, 0.6) is 0 Å². The predicted molar refractivity (Wildman–Crippen MR) is 70.1 cm³/mol. The molecule has 1 aliphatic heterocycles. The number of carbonyl (C=O) groups is 1. The first-order valence-electron chi connectivity index (χ1n) is 6.80. The zero-order valence-corrected chi connectivity index (χ0v) is 11.2. The van der Waals surface area contributed by atoms with Crippen LogP contribution in [0.3, 0.4) is 0 Å². The van der Waals surface area contributed by atoms with Crippen LogP contribution in [0.4, 0.5) is 8.78 Å². The Morgan fingerprint density at radius 2 is 2.21 bits per heavy atom. The lowest BCUT2D eigenvalue weighted by Crippen LogP contribution is -2.38. The Labute approximate surface area is 112 Å². The average molecular weight is 267 g/mol. The molecule has 0 aromatic heterocycles. The highest BCUT2D eigenvalue weighted by Gasteiger charge is 2.22. The maximum absolute atomic E-state index is 13.5. The number of benzene rings is 1. The SMILES string of the molecule is CCC1CCCN(CC(=O)c2ccc(F)cc2F)C1. The first kappa shape index (κ1) is 14.1. The fraction of sp³-hybridized carbons (Fsp3) is 0.533. The second-order valence-electron chi connectivity index (χ2n) is 5.20. The Morgan fingerprint density at radius 3 is 2.89 bits per heavy atom. The van der Waals surface area contributed by atoms with E-state index in [0.29, 0.717) is 5.92 Å². The van der Waals surface area contributed by atoms with Gasteiger partial charge in [0.1, 0.15) is 11.6 Å². The summed E-state index contributed by atoms with van der Waals surface area (Å²) >= 11 is 0. The zero-order chi connectivity index (χ0) is 13.8. The van der Waals surface area contributed by atoms with Crippen molar-refractivity contribution in [2.75, 3.05) is 19.6 Å². The molecule has 19 heavy (non-hydrogen) atoms. The molecule has 1 unspecified atom stereocenters. The number of piperidine rings is 1. The molecule has 104 valence electrons. The summed E-state index contributed by atoms with van der Waals surface area (Å²) in [4.78, 5) is 14.1. The summed E-state index contributed by atoms with van der Waals surface area (Å²) in [5, 5.41) is 0. The lowest BCUT2D eigenvalue weighted by Gasteiger charge is -2.31. The first-order valence-corrected chi connectivity index (χ1v) is 6.80. The smallest absolute Gasteiger partial charge is 0.179 e. The van der Waals surface area contributed by atoms with E-state index in [2.05, 4.69) is 11.8 Å². The van der Waals surface area contributed by atoms with Gasteiger partial charge in [-0.15, -0.1) is 0 Å². The molecule has 0 aliphatic carbocycles. The Morgan fingerprint density at radius 1 is 1.42 bits per heavy atom. The summed E-state index contributed by atoms with van der Waals surface area (Å²) in [6, 6.07) is 3.12. The molecule has 0 spiro atoms. The van der Waals surface area contributed by atoms with Gasteiger partial charge in [-0.25, -0.2) is 8.78 Å². The van der Waals surface area contributed by atoms with E-state index >= 15 is 0 Å². The average Bonchev–Trinajstić information content (AvgIpc) is 2.38. The summed E-state index contributed by atoms with van der Waals surface area (Å²) in [5.41, 5.74) is -0.0139. The monoisotopic (exact) mass is 267 g/mol. The third kappa shape index (κ3) is 3.60. The van der Waals surface area contributed by atoms with Crippen molar-refractivity contribution in [1.29, 1.82) is 0 Å². The zero-order valence-electron chi connectivity index (χ0n) is 11.2. The topological polar surface area (TPSA) is 20.3 Å². The number of nitrogens with zero attached hydrogens (tertiary/aromatic N) is 1. The number of Topliss-reactive ketones (excluding diaryl/α,β-unsaturated/α-hetero) is 1. The van der Waals surface area contributed by atoms with Crippen LogP contribution >= 0.6 is 0 Å². The van der Waals surface area contributed by atoms with E-state index in [1.165, 1.54) is 12.5 Å². The number of halogens is 2. The molecule has 1 aromatic carbocycles. The molecule has 0 radical (unpaired) electrons. The van der Waals surface area contributed by atoms with E-state index in [9.17, 15) is 13.6 Å². The van der Waals surface area contributed by atoms with E-state index in [0.717, 1.165) is 38.1 Å². The van der Waals surface area contributed by atoms with Crippen molar-refractivity contribution in [2.24, 2.45) is 5.92 Å². The third-order valence-electron chi connectivity index (χ3n) is 3.78. The highest BCUT2D eigenvalue weighted by Crippen LogP contribution is 2.19. The molecule has 0 N–H and O–H groups in total. The van der Waals surface area contributed by atoms with E-state index in [1.54, 1.807) is 0 Å². The molecular weight excluding hydrogens is 248 g/mol. The van der Waals surface area contributed by atoms with Gasteiger partial charge in [0, 0.05) is 12.6 Å². The summed E-state index contributed by atoms with van der Waals surface area (Å²) in [6.07, 6.45) is 3.39. The van der Waals surface area contributed by atoms with Gasteiger partial charge in [0.25, 0.3) is 0 Å². The van der Waals surface area contributed by atoms with Crippen LogP contribution in [0.2, 0.25) is 0 Å². The first-order chi connectivity index (χ1) is 9.10. The van der Waals surface area contributed by atoms with Gasteiger partial charge < -0.3 is 0 Å². The fourth-order valence-corrected chi connectivity index (χ4v) is 2.63. The van der Waals surface area contributed by atoms with Crippen LogP contribution in [-0.4, -0.2) is 30.3 Å². The minimum atomic E-state index is -0.769. The number of hydrogen-bond acceptors (Lipinski definition) is 2. The van der Waals surface area contributed by atoms with E-state index in [-0.39, 0.29) is 17.9 Å². The quantitative estimate of drug-likeness (QED) is 0.780. The number of hydrogen-bond donors (Lipinski definition) is 0. The van der Waals surface area contributed by atoms with Crippen LogP contribution in [0, 0.1) is 17.6 Å². The molecule has 1 aromatic rings. The van der Waals surface area contributed by atoms with Crippen molar-refractivity contribution < 1.29 is 13.6 Å². The largest absolute Gasteiger partial charge is 0.296 e. The highest BCUT2D eigenvalue weighted by molar-refractivity contribution is 5.97. The third-order valence-corrected chi connectivity index (χ3v) is 3.78. The summed E-state index contributed by atoms with van der Waals surface area (Å²) in [6.45, 7) is 4.14. The molecule has 1 heterocycles. The van der Waals surface area contributed by atoms with Crippen molar-refractivity contribution in [3.63, 3.8) is 0 Å². The van der Waals surface area contributed by atoms with E-state index in [1.807, 2.05) is 0 Å². The lowest BCUT2D eigenvalue weighted by atomic mass is 9.95. The van der Waals surface area contributed by atoms with Crippen molar-refractivity contribution in [3.8, 4) is 0 Å². The molecule has 2 rings (SSSR count). The second-order valence-corrected chi connectivity index (χ2v) is 5.20. The van der Waals surface area contributed by atoms with Crippen LogP contribution in [-0.2, 0) is 0 Å². The second kappa shape index (κ2) is 6.24. The number of carbonyl (C=O) groups excluding carboxylic acids is 1. The molecule has 4 heteroatoms. The molecule has 1 aliphatic rings. The van der Waals surface area contributed by atoms with Crippen LogP contribution in [0.25, 0.3) is 0 Å². The summed E-state index contributed by atoms with van der Waals surface area (Å²) < 4.78 is 26.3. The normalized spacial score (nSPS) is 20.5. The maximum Gasteiger partial charge on any atom is 0.179 e. The van der Waals surface area contributed by atoms with Gasteiger partial charge in [-0.3, -0.25) is 9.69 Å². The number of likely N-dealkylation sites (tertiary alicyclic amines) is 1. The van der Waals surface area contributed by atoms with Crippen LogP contribution in [0.15, 0.2) is 18.2 Å².